The maximum absolute atomic E-state index is 13.7. The van der Waals surface area contributed by atoms with E-state index in [2.05, 4.69) is 11.4 Å². The summed E-state index contributed by atoms with van der Waals surface area (Å²) in [5, 5.41) is 3.14. The molecule has 3 N–H and O–H groups in total. The zero-order valence-corrected chi connectivity index (χ0v) is 11.5. The molecule has 20 heavy (non-hydrogen) atoms. The minimum Gasteiger partial charge on any atom is -0.381 e. The summed E-state index contributed by atoms with van der Waals surface area (Å²) in [6.45, 7) is 4.24. The van der Waals surface area contributed by atoms with Gasteiger partial charge in [-0.3, -0.25) is 4.79 Å². The second kappa shape index (κ2) is 5.74. The Balaban J connectivity index is 2.23. The highest BCUT2D eigenvalue weighted by Gasteiger charge is 2.10. The van der Waals surface area contributed by atoms with Crippen molar-refractivity contribution < 1.29 is 9.18 Å². The predicted octanol–water partition coefficient (Wildman–Crippen LogP) is 3.15. The van der Waals surface area contributed by atoms with Crippen molar-refractivity contribution in [2.75, 3.05) is 5.32 Å². The fraction of sp³-hybridized carbons (Fsp3) is 0.188. The number of carbonyl (C=O) groups excluding carboxylic acids is 1. The van der Waals surface area contributed by atoms with Crippen molar-refractivity contribution in [2.45, 2.75) is 20.4 Å². The normalized spacial score (nSPS) is 10.3. The van der Waals surface area contributed by atoms with Crippen LogP contribution in [0.4, 0.5) is 10.1 Å². The van der Waals surface area contributed by atoms with Gasteiger partial charge < -0.3 is 11.1 Å². The first kappa shape index (κ1) is 14.1. The van der Waals surface area contributed by atoms with Gasteiger partial charge in [-0.15, -0.1) is 0 Å². The van der Waals surface area contributed by atoms with Crippen molar-refractivity contribution in [2.24, 2.45) is 5.73 Å². The highest BCUT2D eigenvalue weighted by Crippen LogP contribution is 2.21. The van der Waals surface area contributed by atoms with Gasteiger partial charge in [0.1, 0.15) is 5.82 Å². The van der Waals surface area contributed by atoms with E-state index in [9.17, 15) is 9.18 Å². The third-order valence-corrected chi connectivity index (χ3v) is 3.19. The molecule has 0 aliphatic heterocycles. The van der Waals surface area contributed by atoms with Crippen LogP contribution in [-0.2, 0) is 6.54 Å². The Kier molecular flexibility index (Phi) is 4.03. The Bertz CT molecular complexity index is 653. The van der Waals surface area contributed by atoms with Crippen LogP contribution in [0, 0.1) is 19.7 Å². The fourth-order valence-electron chi connectivity index (χ4n) is 2.02. The Morgan fingerprint density at radius 2 is 2.00 bits per heavy atom. The van der Waals surface area contributed by atoms with Crippen LogP contribution < -0.4 is 11.1 Å². The number of anilines is 1. The second-order valence-corrected chi connectivity index (χ2v) is 4.84. The molecule has 0 heterocycles. The quantitative estimate of drug-likeness (QED) is 0.898. The summed E-state index contributed by atoms with van der Waals surface area (Å²) in [4.78, 5) is 11.2. The lowest BCUT2D eigenvalue weighted by Crippen LogP contribution is -2.13. The Labute approximate surface area is 117 Å². The first-order chi connectivity index (χ1) is 9.47. The molecule has 104 valence electrons. The number of nitrogens with one attached hydrogen (secondary N) is 1. The van der Waals surface area contributed by atoms with E-state index in [1.54, 1.807) is 13.0 Å². The molecule has 2 rings (SSSR count). The lowest BCUT2D eigenvalue weighted by atomic mass is 10.1. The number of hydrogen-bond acceptors (Lipinski definition) is 2. The molecule has 3 nitrogen and oxygen atoms in total. The summed E-state index contributed by atoms with van der Waals surface area (Å²) in [6, 6.07) is 10.8. The lowest BCUT2D eigenvalue weighted by Gasteiger charge is -2.12. The zero-order valence-electron chi connectivity index (χ0n) is 11.5. The number of aryl methyl sites for hydroxylation is 1. The number of amides is 1. The van der Waals surface area contributed by atoms with Gasteiger partial charge in [-0.05, 0) is 31.5 Å². The molecule has 2 aromatic rings. The molecular weight excluding hydrogens is 255 g/mol. The number of hydrogen-bond donors (Lipinski definition) is 2. The molecule has 0 aliphatic rings. The summed E-state index contributed by atoms with van der Waals surface area (Å²) < 4.78 is 13.7. The van der Waals surface area contributed by atoms with Gasteiger partial charge in [0, 0.05) is 23.4 Å². The summed E-state index contributed by atoms with van der Waals surface area (Å²) in [7, 11) is 0. The third-order valence-electron chi connectivity index (χ3n) is 3.19. The van der Waals surface area contributed by atoms with E-state index >= 15 is 0 Å². The first-order valence-electron chi connectivity index (χ1n) is 6.36. The average Bonchev–Trinajstić information content (AvgIpc) is 2.40. The molecule has 0 unspecified atom stereocenters. The minimum absolute atomic E-state index is 0.167. The number of benzene rings is 2. The van der Waals surface area contributed by atoms with Gasteiger partial charge in [0.2, 0.25) is 5.91 Å². The van der Waals surface area contributed by atoms with Crippen molar-refractivity contribution in [3.05, 3.63) is 64.5 Å². The molecule has 2 aromatic carbocycles. The SMILES string of the molecule is Cc1cccc(CNc2cc(C(N)=O)cc(F)c2C)c1. The molecule has 0 saturated heterocycles. The number of carbonyl (C=O) groups is 1. The molecule has 0 aliphatic carbocycles. The molecule has 0 atom stereocenters. The van der Waals surface area contributed by atoms with Gasteiger partial charge in [0.25, 0.3) is 0 Å². The summed E-state index contributed by atoms with van der Waals surface area (Å²) >= 11 is 0. The van der Waals surface area contributed by atoms with E-state index in [1.165, 1.54) is 0 Å². The molecule has 0 spiro atoms. The van der Waals surface area contributed by atoms with Gasteiger partial charge >= 0.3 is 0 Å². The highest BCUT2D eigenvalue weighted by atomic mass is 19.1. The van der Waals surface area contributed by atoms with E-state index < -0.39 is 11.7 Å². The van der Waals surface area contributed by atoms with Gasteiger partial charge in [0.15, 0.2) is 0 Å². The van der Waals surface area contributed by atoms with Crippen LogP contribution >= 0.6 is 0 Å². The fourth-order valence-corrected chi connectivity index (χ4v) is 2.02. The van der Waals surface area contributed by atoms with Crippen LogP contribution in [0.5, 0.6) is 0 Å². The van der Waals surface area contributed by atoms with Crippen molar-refractivity contribution in [1.82, 2.24) is 0 Å². The second-order valence-electron chi connectivity index (χ2n) is 4.84. The predicted molar refractivity (Wildman–Crippen MR) is 78.2 cm³/mol. The van der Waals surface area contributed by atoms with Crippen molar-refractivity contribution in [1.29, 1.82) is 0 Å². The summed E-state index contributed by atoms with van der Waals surface area (Å²) in [5.74, 6) is -1.07. The standard InChI is InChI=1S/C16H17FN2O/c1-10-4-3-5-12(6-10)9-19-15-8-13(16(18)20)7-14(17)11(15)2/h3-8,19H,9H2,1-2H3,(H2,18,20). The highest BCUT2D eigenvalue weighted by molar-refractivity contribution is 5.94. The van der Waals surface area contributed by atoms with E-state index in [-0.39, 0.29) is 5.56 Å². The van der Waals surface area contributed by atoms with Crippen LogP contribution in [0.25, 0.3) is 0 Å². The molecule has 0 bridgehead atoms. The monoisotopic (exact) mass is 272 g/mol. The van der Waals surface area contributed by atoms with Crippen LogP contribution in [0.1, 0.15) is 27.0 Å². The first-order valence-corrected chi connectivity index (χ1v) is 6.36. The zero-order chi connectivity index (χ0) is 14.7. The largest absolute Gasteiger partial charge is 0.381 e. The average molecular weight is 272 g/mol. The van der Waals surface area contributed by atoms with E-state index in [1.807, 2.05) is 25.1 Å². The molecular formula is C16H17FN2O. The lowest BCUT2D eigenvalue weighted by molar-refractivity contribution is 0.1000. The van der Waals surface area contributed by atoms with Crippen LogP contribution in [0.2, 0.25) is 0 Å². The van der Waals surface area contributed by atoms with E-state index in [0.29, 0.717) is 17.8 Å². The summed E-state index contributed by atoms with van der Waals surface area (Å²) in [6.07, 6.45) is 0. The minimum atomic E-state index is -0.637. The molecule has 0 fully saturated rings. The topological polar surface area (TPSA) is 55.1 Å². The third kappa shape index (κ3) is 3.15. The number of halogens is 1. The van der Waals surface area contributed by atoms with Crippen LogP contribution in [0.3, 0.4) is 0 Å². The van der Waals surface area contributed by atoms with Gasteiger partial charge in [0.05, 0.1) is 0 Å². The molecule has 4 heteroatoms. The number of primary amides is 1. The molecule has 0 radical (unpaired) electrons. The van der Waals surface area contributed by atoms with Gasteiger partial charge in [-0.25, -0.2) is 4.39 Å². The molecule has 0 saturated carbocycles. The molecule has 1 amide bonds. The maximum atomic E-state index is 13.7. The van der Waals surface area contributed by atoms with E-state index in [4.69, 9.17) is 5.73 Å². The van der Waals surface area contributed by atoms with Crippen molar-refractivity contribution in [3.8, 4) is 0 Å². The Hall–Kier alpha value is -2.36. The summed E-state index contributed by atoms with van der Waals surface area (Å²) in [5.41, 5.74) is 8.68. The number of rotatable bonds is 4. The van der Waals surface area contributed by atoms with Crippen LogP contribution in [0.15, 0.2) is 36.4 Å². The van der Waals surface area contributed by atoms with Gasteiger partial charge in [-0.1, -0.05) is 29.8 Å². The Morgan fingerprint density at radius 1 is 1.25 bits per heavy atom. The van der Waals surface area contributed by atoms with E-state index in [0.717, 1.165) is 17.2 Å². The Morgan fingerprint density at radius 3 is 2.65 bits per heavy atom. The van der Waals surface area contributed by atoms with Crippen molar-refractivity contribution in [3.63, 3.8) is 0 Å². The van der Waals surface area contributed by atoms with Crippen LogP contribution in [-0.4, -0.2) is 5.91 Å². The van der Waals surface area contributed by atoms with Gasteiger partial charge in [-0.2, -0.15) is 0 Å². The maximum Gasteiger partial charge on any atom is 0.248 e. The van der Waals surface area contributed by atoms with Crippen molar-refractivity contribution >= 4 is 11.6 Å². The number of nitrogens with two attached hydrogens (primary N) is 1. The molecule has 0 aromatic heterocycles. The smallest absolute Gasteiger partial charge is 0.248 e.